The quantitative estimate of drug-likeness (QED) is 0.155. The van der Waals surface area contributed by atoms with Crippen LogP contribution in [-0.4, -0.2) is 26.2 Å². The minimum Gasteiger partial charge on any atom is -0.465 e. The van der Waals surface area contributed by atoms with Crippen LogP contribution in [-0.2, 0) is 22.3 Å². The summed E-state index contributed by atoms with van der Waals surface area (Å²) in [6, 6.07) is 12.0. The third-order valence-corrected chi connectivity index (χ3v) is 8.73. The Balaban J connectivity index is 1.98. The van der Waals surface area contributed by atoms with Gasteiger partial charge < -0.3 is 9.47 Å². The topological polar surface area (TPSA) is 52.6 Å². The van der Waals surface area contributed by atoms with Crippen molar-refractivity contribution < 1.29 is 19.1 Å². The van der Waals surface area contributed by atoms with Crippen LogP contribution in [0.2, 0.25) is 0 Å². The molecule has 2 heterocycles. The van der Waals surface area contributed by atoms with E-state index in [1.807, 2.05) is 12.1 Å². The lowest BCUT2D eigenvalue weighted by atomic mass is 9.96. The highest BCUT2D eigenvalue weighted by Gasteiger charge is 2.23. The Bertz CT molecular complexity index is 1050. The first-order valence-corrected chi connectivity index (χ1v) is 14.7. The Morgan fingerprint density at radius 1 is 0.639 bits per heavy atom. The minimum absolute atomic E-state index is 0.406. The second-order valence-electron chi connectivity index (χ2n) is 9.08. The average molecular weight is 527 g/mol. The number of thiophene rings is 2. The third kappa shape index (κ3) is 7.30. The van der Waals surface area contributed by atoms with Gasteiger partial charge in [0.15, 0.2) is 0 Å². The van der Waals surface area contributed by atoms with Crippen LogP contribution in [0.1, 0.15) is 95.7 Å². The normalized spacial score (nSPS) is 11.0. The molecule has 0 aliphatic rings. The molecule has 0 saturated carbocycles. The number of hydrogen-bond acceptors (Lipinski definition) is 6. The highest BCUT2D eigenvalue weighted by molar-refractivity contribution is 7.16. The van der Waals surface area contributed by atoms with Gasteiger partial charge >= 0.3 is 11.9 Å². The standard InChI is InChI=1S/C30H38O4S2/c1-5-7-9-11-13-21-15-17-27(35-21)23-19-26(30(32)34-4)24(20-25(23)29(31)33-3)28-18-16-22(36-28)14-12-10-8-6-2/h15-20H,5-14H2,1-4H3. The number of rotatable bonds is 14. The average Bonchev–Trinajstić information content (AvgIpc) is 3.57. The van der Waals surface area contributed by atoms with E-state index in [4.69, 9.17) is 9.47 Å². The molecule has 2 aromatic heterocycles. The van der Waals surface area contributed by atoms with Crippen LogP contribution in [0.25, 0.3) is 20.9 Å². The largest absolute Gasteiger partial charge is 0.465 e. The Morgan fingerprint density at radius 3 is 1.42 bits per heavy atom. The van der Waals surface area contributed by atoms with Gasteiger partial charge in [0.05, 0.1) is 25.3 Å². The molecule has 0 fully saturated rings. The number of aryl methyl sites for hydroxylation is 2. The van der Waals surface area contributed by atoms with E-state index in [0.717, 1.165) is 35.4 Å². The summed E-state index contributed by atoms with van der Waals surface area (Å²) < 4.78 is 10.3. The SMILES string of the molecule is CCCCCCc1ccc(-c2cc(C(=O)OC)c(-c3ccc(CCCCCC)s3)cc2C(=O)OC)s1. The molecule has 3 rings (SSSR count). The Labute approximate surface area is 223 Å². The molecule has 194 valence electrons. The zero-order chi connectivity index (χ0) is 25.9. The Hall–Kier alpha value is -2.44. The summed E-state index contributed by atoms with van der Waals surface area (Å²) in [5.41, 5.74) is 2.37. The first kappa shape index (κ1) is 28.1. The fourth-order valence-corrected chi connectivity index (χ4v) is 6.49. The lowest BCUT2D eigenvalue weighted by Crippen LogP contribution is -2.09. The molecular formula is C30H38O4S2. The van der Waals surface area contributed by atoms with E-state index in [9.17, 15) is 9.59 Å². The van der Waals surface area contributed by atoms with Crippen LogP contribution in [0.3, 0.4) is 0 Å². The van der Waals surface area contributed by atoms with E-state index in [1.54, 1.807) is 34.8 Å². The smallest absolute Gasteiger partial charge is 0.338 e. The van der Waals surface area contributed by atoms with Gasteiger partial charge in [-0.05, 0) is 62.1 Å². The zero-order valence-corrected chi connectivity index (χ0v) is 23.6. The van der Waals surface area contributed by atoms with Crippen molar-refractivity contribution >= 4 is 34.6 Å². The molecule has 0 aliphatic heterocycles. The van der Waals surface area contributed by atoms with E-state index in [2.05, 4.69) is 26.0 Å². The summed E-state index contributed by atoms with van der Waals surface area (Å²) in [6.07, 6.45) is 11.7. The number of benzene rings is 1. The third-order valence-electron chi connectivity index (χ3n) is 6.38. The molecule has 6 heteroatoms. The van der Waals surface area contributed by atoms with Crippen molar-refractivity contribution in [3.05, 3.63) is 57.3 Å². The first-order valence-electron chi connectivity index (χ1n) is 13.0. The summed E-state index contributed by atoms with van der Waals surface area (Å²) in [5, 5.41) is 0. The van der Waals surface area contributed by atoms with Crippen LogP contribution >= 0.6 is 22.7 Å². The van der Waals surface area contributed by atoms with E-state index in [1.165, 1.54) is 62.5 Å². The maximum absolute atomic E-state index is 12.9. The zero-order valence-electron chi connectivity index (χ0n) is 22.0. The van der Waals surface area contributed by atoms with Gasteiger partial charge in [0, 0.05) is 30.6 Å². The van der Waals surface area contributed by atoms with Crippen molar-refractivity contribution in [2.24, 2.45) is 0 Å². The monoisotopic (exact) mass is 526 g/mol. The van der Waals surface area contributed by atoms with Gasteiger partial charge in [-0.15, -0.1) is 22.7 Å². The summed E-state index contributed by atoms with van der Waals surface area (Å²) >= 11 is 3.35. The summed E-state index contributed by atoms with van der Waals surface area (Å²) in [4.78, 5) is 30.2. The molecule has 0 amide bonds. The molecule has 0 aliphatic carbocycles. The molecule has 36 heavy (non-hydrogen) atoms. The number of methoxy groups -OCH3 is 2. The van der Waals surface area contributed by atoms with Crippen LogP contribution in [0.5, 0.6) is 0 Å². The second-order valence-corrected chi connectivity index (χ2v) is 11.4. The number of esters is 2. The summed E-state index contributed by atoms with van der Waals surface area (Å²) in [5.74, 6) is -0.811. The molecule has 4 nitrogen and oxygen atoms in total. The van der Waals surface area contributed by atoms with Gasteiger partial charge in [-0.25, -0.2) is 9.59 Å². The van der Waals surface area contributed by atoms with Crippen LogP contribution < -0.4 is 0 Å². The molecule has 0 bridgehead atoms. The van der Waals surface area contributed by atoms with Gasteiger partial charge in [-0.2, -0.15) is 0 Å². The van der Waals surface area contributed by atoms with Gasteiger partial charge in [-0.3, -0.25) is 0 Å². The number of carbonyl (C=O) groups excluding carboxylic acids is 2. The van der Waals surface area contributed by atoms with Crippen LogP contribution in [0.15, 0.2) is 36.4 Å². The predicted octanol–water partition coefficient (Wildman–Crippen LogP) is 8.96. The molecule has 0 atom stereocenters. The van der Waals surface area contributed by atoms with Crippen LogP contribution in [0, 0.1) is 0 Å². The molecule has 0 spiro atoms. The Kier molecular flexibility index (Phi) is 11.2. The van der Waals surface area contributed by atoms with E-state index in [-0.39, 0.29) is 0 Å². The highest BCUT2D eigenvalue weighted by Crippen LogP contribution is 2.39. The maximum atomic E-state index is 12.9. The van der Waals surface area contributed by atoms with E-state index >= 15 is 0 Å². The van der Waals surface area contributed by atoms with Gasteiger partial charge in [0.2, 0.25) is 0 Å². The number of unbranched alkanes of at least 4 members (excludes halogenated alkanes) is 6. The summed E-state index contributed by atoms with van der Waals surface area (Å²) in [6.45, 7) is 4.43. The van der Waals surface area contributed by atoms with Crippen LogP contribution in [0.4, 0.5) is 0 Å². The molecule has 3 aromatic rings. The number of carbonyl (C=O) groups is 2. The summed E-state index contributed by atoms with van der Waals surface area (Å²) in [7, 11) is 2.79. The molecule has 0 radical (unpaired) electrons. The van der Waals surface area contributed by atoms with Crippen molar-refractivity contribution in [2.75, 3.05) is 14.2 Å². The minimum atomic E-state index is -0.406. The van der Waals surface area contributed by atoms with Crippen molar-refractivity contribution in [3.8, 4) is 20.9 Å². The molecular weight excluding hydrogens is 488 g/mol. The van der Waals surface area contributed by atoms with Crippen molar-refractivity contribution in [2.45, 2.75) is 78.1 Å². The maximum Gasteiger partial charge on any atom is 0.338 e. The molecule has 1 aromatic carbocycles. The molecule has 0 unspecified atom stereocenters. The van der Waals surface area contributed by atoms with E-state index < -0.39 is 11.9 Å². The van der Waals surface area contributed by atoms with Gasteiger partial charge in [-0.1, -0.05) is 52.4 Å². The molecule has 0 N–H and O–H groups in total. The fraction of sp³-hybridized carbons (Fsp3) is 0.467. The van der Waals surface area contributed by atoms with Gasteiger partial charge in [0.1, 0.15) is 0 Å². The lowest BCUT2D eigenvalue weighted by molar-refractivity contribution is 0.0588. The Morgan fingerprint density at radius 2 is 1.06 bits per heavy atom. The second kappa shape index (κ2) is 14.3. The van der Waals surface area contributed by atoms with Crippen molar-refractivity contribution in [3.63, 3.8) is 0 Å². The fourth-order valence-electron chi connectivity index (χ4n) is 4.33. The number of hydrogen-bond donors (Lipinski definition) is 0. The van der Waals surface area contributed by atoms with Gasteiger partial charge in [0.25, 0.3) is 0 Å². The van der Waals surface area contributed by atoms with Crippen molar-refractivity contribution in [1.82, 2.24) is 0 Å². The lowest BCUT2D eigenvalue weighted by Gasteiger charge is -2.13. The van der Waals surface area contributed by atoms with E-state index in [0.29, 0.717) is 22.3 Å². The molecule has 0 saturated heterocycles. The number of ether oxygens (including phenoxy) is 2. The highest BCUT2D eigenvalue weighted by atomic mass is 32.1. The van der Waals surface area contributed by atoms with Crippen molar-refractivity contribution in [1.29, 1.82) is 0 Å². The predicted molar refractivity (Wildman–Crippen MR) is 151 cm³/mol. The first-order chi connectivity index (χ1) is 17.5.